The molecule has 0 rings (SSSR count). The Morgan fingerprint density at radius 2 is 2.00 bits per heavy atom. The van der Waals surface area contributed by atoms with E-state index in [1.165, 1.54) is 0 Å². The van der Waals surface area contributed by atoms with Crippen molar-refractivity contribution < 1.29 is 14.3 Å². The largest absolute Gasteiger partial charge is 0.392 e. The van der Waals surface area contributed by atoms with Crippen LogP contribution in [0.1, 0.15) is 40.5 Å². The van der Waals surface area contributed by atoms with Crippen molar-refractivity contribution in [3.8, 4) is 0 Å². The highest BCUT2D eigenvalue weighted by atomic mass is 16.7. The van der Waals surface area contributed by atoms with Gasteiger partial charge >= 0.3 is 5.97 Å². The van der Waals surface area contributed by atoms with E-state index in [2.05, 4.69) is 27.4 Å². The zero-order chi connectivity index (χ0) is 12.1. The van der Waals surface area contributed by atoms with Gasteiger partial charge in [0.05, 0.1) is 0 Å². The average Bonchev–Trinajstić information content (AvgIpc) is 2.14. The van der Waals surface area contributed by atoms with Crippen LogP contribution in [0.3, 0.4) is 0 Å². The van der Waals surface area contributed by atoms with Crippen molar-refractivity contribution in [2.24, 2.45) is 0 Å². The number of carbonyl (C=O) groups excluding carboxylic acids is 1. The van der Waals surface area contributed by atoms with Crippen molar-refractivity contribution in [2.45, 2.75) is 46.6 Å². The third kappa shape index (κ3) is 4.47. The first-order valence-electron chi connectivity index (χ1n) is 5.58. The van der Waals surface area contributed by atoms with Crippen LogP contribution in [0.2, 0.25) is 0 Å². The summed E-state index contributed by atoms with van der Waals surface area (Å²) in [6.07, 6.45) is 2.16. The van der Waals surface area contributed by atoms with Crippen LogP contribution in [0.15, 0.2) is 12.2 Å². The minimum atomic E-state index is -0.303. The Morgan fingerprint density at radius 3 is 2.33 bits per heavy atom. The van der Waals surface area contributed by atoms with Crippen LogP contribution in [0, 0.1) is 0 Å². The zero-order valence-electron chi connectivity index (χ0n) is 10.7. The predicted molar refractivity (Wildman–Crippen MR) is 62.0 cm³/mol. The molecule has 0 aliphatic carbocycles. The lowest BCUT2D eigenvalue weighted by molar-refractivity contribution is -1.09. The molecule has 0 N–H and O–H groups in total. The van der Waals surface area contributed by atoms with Crippen molar-refractivity contribution in [3.63, 3.8) is 0 Å². The van der Waals surface area contributed by atoms with Crippen LogP contribution in [0.5, 0.6) is 0 Å². The molecule has 0 radical (unpaired) electrons. The predicted octanol–water partition coefficient (Wildman–Crippen LogP) is 2.68. The molecule has 15 heavy (non-hydrogen) atoms. The maximum Gasteiger partial charge on any atom is 0.392 e. The van der Waals surface area contributed by atoms with Crippen LogP contribution in [-0.4, -0.2) is 30.2 Å². The third-order valence-electron chi connectivity index (χ3n) is 2.69. The van der Waals surface area contributed by atoms with E-state index in [0.29, 0.717) is 10.2 Å². The van der Waals surface area contributed by atoms with Crippen LogP contribution < -0.4 is 0 Å². The van der Waals surface area contributed by atoms with Crippen LogP contribution in [0.4, 0.5) is 0 Å². The van der Waals surface area contributed by atoms with Crippen LogP contribution in [-0.2, 0) is 9.63 Å². The molecule has 88 valence electrons. The lowest BCUT2D eigenvalue weighted by Gasteiger charge is -2.34. The maximum atomic E-state index is 11.5. The van der Waals surface area contributed by atoms with Gasteiger partial charge in [0, 0.05) is 5.57 Å². The van der Waals surface area contributed by atoms with Gasteiger partial charge in [-0.05, 0) is 27.2 Å². The molecule has 0 heterocycles. The second-order valence-corrected chi connectivity index (χ2v) is 4.50. The number of hydrogen-bond donors (Lipinski definition) is 0. The molecule has 0 aromatic heterocycles. The SMILES string of the molecule is C=C(C)C(=O)O[N+](C)(CCCC)C(C)C. The van der Waals surface area contributed by atoms with Crippen LogP contribution >= 0.6 is 0 Å². The monoisotopic (exact) mass is 214 g/mol. The molecular weight excluding hydrogens is 190 g/mol. The van der Waals surface area contributed by atoms with Crippen LogP contribution in [0.25, 0.3) is 0 Å². The molecule has 0 aliphatic rings. The third-order valence-corrected chi connectivity index (χ3v) is 2.69. The summed E-state index contributed by atoms with van der Waals surface area (Å²) in [5.74, 6) is -0.303. The number of rotatable bonds is 6. The van der Waals surface area contributed by atoms with E-state index in [-0.39, 0.29) is 12.0 Å². The Kier molecular flexibility index (Phi) is 5.58. The number of quaternary nitrogens is 1. The van der Waals surface area contributed by atoms with Gasteiger partial charge < -0.3 is 0 Å². The summed E-state index contributed by atoms with van der Waals surface area (Å²) in [5.41, 5.74) is 0.455. The molecule has 0 bridgehead atoms. The number of hydrogen-bond acceptors (Lipinski definition) is 2. The van der Waals surface area contributed by atoms with E-state index in [1.807, 2.05) is 7.05 Å². The summed E-state index contributed by atoms with van der Waals surface area (Å²) in [4.78, 5) is 17.0. The fraction of sp³-hybridized carbons (Fsp3) is 0.750. The molecule has 0 spiro atoms. The lowest BCUT2D eigenvalue weighted by atomic mass is 10.2. The van der Waals surface area contributed by atoms with E-state index in [1.54, 1.807) is 6.92 Å². The van der Waals surface area contributed by atoms with Gasteiger partial charge in [-0.15, -0.1) is 4.65 Å². The molecule has 3 nitrogen and oxygen atoms in total. The van der Waals surface area contributed by atoms with E-state index < -0.39 is 0 Å². The fourth-order valence-electron chi connectivity index (χ4n) is 1.15. The molecule has 0 aromatic carbocycles. The molecule has 1 unspecified atom stereocenters. The normalized spacial score (nSPS) is 14.8. The summed E-state index contributed by atoms with van der Waals surface area (Å²) in [6, 6.07) is 0.264. The number of nitrogens with zero attached hydrogens (tertiary/aromatic N) is 1. The Hall–Kier alpha value is -0.830. The summed E-state index contributed by atoms with van der Waals surface area (Å²) in [6.45, 7) is 12.4. The van der Waals surface area contributed by atoms with Gasteiger partial charge in [-0.2, -0.15) is 0 Å². The minimum absolute atomic E-state index is 0.264. The van der Waals surface area contributed by atoms with Crippen molar-refractivity contribution in [3.05, 3.63) is 12.2 Å². The summed E-state index contributed by atoms with van der Waals surface area (Å²) in [7, 11) is 1.95. The van der Waals surface area contributed by atoms with Gasteiger partial charge in [-0.1, -0.05) is 19.9 Å². The van der Waals surface area contributed by atoms with E-state index in [4.69, 9.17) is 4.84 Å². The van der Waals surface area contributed by atoms with Gasteiger partial charge in [-0.3, -0.25) is 4.84 Å². The van der Waals surface area contributed by atoms with Gasteiger partial charge in [-0.25, -0.2) is 4.79 Å². The summed E-state index contributed by atoms with van der Waals surface area (Å²) < 4.78 is 0.333. The molecule has 0 aliphatic heterocycles. The highest BCUT2D eigenvalue weighted by molar-refractivity contribution is 5.86. The molecule has 1 atom stereocenters. The van der Waals surface area contributed by atoms with Gasteiger partial charge in [0.25, 0.3) is 0 Å². The van der Waals surface area contributed by atoms with E-state index in [0.717, 1.165) is 19.4 Å². The van der Waals surface area contributed by atoms with Crippen molar-refractivity contribution in [1.82, 2.24) is 0 Å². The zero-order valence-corrected chi connectivity index (χ0v) is 10.7. The highest BCUT2D eigenvalue weighted by Gasteiger charge is 2.31. The fourth-order valence-corrected chi connectivity index (χ4v) is 1.15. The number of hydroxylamine groups is 3. The standard InChI is InChI=1S/C12H24NO2/c1-7-8-9-13(6,11(4)5)15-12(14)10(2)3/h11H,2,7-9H2,1,3-6H3/q+1. The Balaban J connectivity index is 4.50. The Morgan fingerprint density at radius 1 is 1.47 bits per heavy atom. The van der Waals surface area contributed by atoms with Crippen molar-refractivity contribution in [1.29, 1.82) is 0 Å². The minimum Gasteiger partial charge on any atom is -0.272 e. The van der Waals surface area contributed by atoms with Gasteiger partial charge in [0.2, 0.25) is 0 Å². The van der Waals surface area contributed by atoms with E-state index in [9.17, 15) is 4.79 Å². The second kappa shape index (κ2) is 5.91. The molecule has 0 fully saturated rings. The molecule has 3 heteroatoms. The number of carbonyl (C=O) groups is 1. The Labute approximate surface area is 93.3 Å². The quantitative estimate of drug-likeness (QED) is 0.386. The smallest absolute Gasteiger partial charge is 0.272 e. The van der Waals surface area contributed by atoms with Gasteiger partial charge in [0.1, 0.15) is 19.6 Å². The first kappa shape index (κ1) is 14.2. The molecule has 0 saturated heterocycles. The van der Waals surface area contributed by atoms with Crippen molar-refractivity contribution in [2.75, 3.05) is 13.6 Å². The van der Waals surface area contributed by atoms with Crippen molar-refractivity contribution >= 4 is 5.97 Å². The molecule has 0 saturated carbocycles. The molecule has 0 aromatic rings. The summed E-state index contributed by atoms with van der Waals surface area (Å²) in [5, 5.41) is 0. The topological polar surface area (TPSA) is 26.3 Å². The lowest BCUT2D eigenvalue weighted by Crippen LogP contribution is -2.51. The molecular formula is C12H24NO2+. The average molecular weight is 214 g/mol. The first-order valence-corrected chi connectivity index (χ1v) is 5.58. The number of unbranched alkanes of at least 4 members (excludes halogenated alkanes) is 1. The first-order chi connectivity index (χ1) is 6.83. The highest BCUT2D eigenvalue weighted by Crippen LogP contribution is 2.15. The van der Waals surface area contributed by atoms with E-state index >= 15 is 0 Å². The van der Waals surface area contributed by atoms with Gasteiger partial charge in [0.15, 0.2) is 0 Å². The molecule has 0 amide bonds. The summed E-state index contributed by atoms with van der Waals surface area (Å²) >= 11 is 0. The second-order valence-electron chi connectivity index (χ2n) is 4.50. The Bertz CT molecular complexity index is 236. The maximum absolute atomic E-state index is 11.5.